The van der Waals surface area contributed by atoms with Gasteiger partial charge < -0.3 is 4.90 Å². The second-order valence-corrected chi connectivity index (χ2v) is 9.90. The number of benzene rings is 2. The first-order valence-electron chi connectivity index (χ1n) is 10.4. The van der Waals surface area contributed by atoms with Gasteiger partial charge in [-0.2, -0.15) is 4.31 Å². The van der Waals surface area contributed by atoms with Crippen LogP contribution in [-0.4, -0.2) is 36.6 Å². The average Bonchev–Trinajstić information content (AvgIpc) is 3.58. The zero-order chi connectivity index (χ0) is 20.6. The summed E-state index contributed by atoms with van der Waals surface area (Å²) in [5, 5.41) is 0. The first kappa shape index (κ1) is 20.1. The first-order valence-corrected chi connectivity index (χ1v) is 11.8. The second-order valence-electron chi connectivity index (χ2n) is 8.01. The van der Waals surface area contributed by atoms with Crippen LogP contribution in [0.5, 0.6) is 0 Å². The summed E-state index contributed by atoms with van der Waals surface area (Å²) in [4.78, 5) is 14.6. The van der Waals surface area contributed by atoms with Gasteiger partial charge >= 0.3 is 0 Å². The van der Waals surface area contributed by atoms with Crippen LogP contribution in [0.15, 0.2) is 53.4 Å². The molecule has 0 radical (unpaired) electrons. The van der Waals surface area contributed by atoms with Gasteiger partial charge in [-0.15, -0.1) is 0 Å². The first-order chi connectivity index (χ1) is 13.9. The van der Waals surface area contributed by atoms with E-state index in [4.69, 9.17) is 0 Å². The van der Waals surface area contributed by atoms with Gasteiger partial charge in [0.2, 0.25) is 15.9 Å². The maximum absolute atomic E-state index is 13.4. The Morgan fingerprint density at radius 3 is 2.52 bits per heavy atom. The van der Waals surface area contributed by atoms with Crippen molar-refractivity contribution in [2.45, 2.75) is 50.6 Å². The fourth-order valence-electron chi connectivity index (χ4n) is 4.15. The van der Waals surface area contributed by atoms with Crippen molar-refractivity contribution in [3.63, 3.8) is 0 Å². The number of sulfonamides is 1. The number of fused-ring (bicyclic) bond motifs is 1. The molecule has 29 heavy (non-hydrogen) atoms. The maximum atomic E-state index is 13.4. The van der Waals surface area contributed by atoms with E-state index in [0.717, 1.165) is 29.5 Å². The maximum Gasteiger partial charge on any atom is 0.243 e. The van der Waals surface area contributed by atoms with Crippen molar-refractivity contribution < 1.29 is 13.2 Å². The average molecular weight is 413 g/mol. The lowest BCUT2D eigenvalue weighted by Crippen LogP contribution is -2.37. The molecule has 1 amide bonds. The third-order valence-electron chi connectivity index (χ3n) is 6.06. The van der Waals surface area contributed by atoms with Crippen LogP contribution in [0, 0.1) is 5.92 Å². The molecule has 154 valence electrons. The Kier molecular flexibility index (Phi) is 5.49. The molecular weight excluding hydrogens is 384 g/mol. The Bertz CT molecular complexity index is 1000. The van der Waals surface area contributed by atoms with Gasteiger partial charge in [0.1, 0.15) is 0 Å². The molecule has 0 aromatic heterocycles. The highest BCUT2D eigenvalue weighted by Gasteiger charge is 2.35. The molecular formula is C23H28N2O3S. The van der Waals surface area contributed by atoms with Crippen LogP contribution < -0.4 is 0 Å². The molecule has 0 spiro atoms. The summed E-state index contributed by atoms with van der Waals surface area (Å²) in [5.74, 6) is 0.468. The Balaban J connectivity index is 1.58. The lowest BCUT2D eigenvalue weighted by Gasteiger charge is -2.31. The molecule has 1 saturated carbocycles. The Morgan fingerprint density at radius 2 is 1.86 bits per heavy atom. The number of hydrogen-bond donors (Lipinski definition) is 0. The predicted molar refractivity (Wildman–Crippen MR) is 113 cm³/mol. The van der Waals surface area contributed by atoms with Gasteiger partial charge in [0, 0.05) is 31.6 Å². The van der Waals surface area contributed by atoms with Crippen molar-refractivity contribution >= 4 is 15.9 Å². The van der Waals surface area contributed by atoms with Gasteiger partial charge in [0.15, 0.2) is 0 Å². The van der Waals surface area contributed by atoms with E-state index in [1.54, 1.807) is 10.4 Å². The smallest absolute Gasteiger partial charge is 0.243 e. The van der Waals surface area contributed by atoms with Crippen LogP contribution in [0.4, 0.5) is 0 Å². The van der Waals surface area contributed by atoms with Gasteiger partial charge in [0.05, 0.1) is 4.90 Å². The largest absolute Gasteiger partial charge is 0.338 e. The monoisotopic (exact) mass is 412 g/mol. The lowest BCUT2D eigenvalue weighted by atomic mass is 9.99. The predicted octanol–water partition coefficient (Wildman–Crippen LogP) is 3.75. The summed E-state index contributed by atoms with van der Waals surface area (Å²) in [6, 6.07) is 14.9. The van der Waals surface area contributed by atoms with E-state index < -0.39 is 10.0 Å². The van der Waals surface area contributed by atoms with E-state index in [0.29, 0.717) is 31.0 Å². The Hall–Kier alpha value is -2.18. The van der Waals surface area contributed by atoms with E-state index in [1.807, 2.05) is 61.2 Å². The number of rotatable bonds is 6. The summed E-state index contributed by atoms with van der Waals surface area (Å²) in [6.07, 6.45) is 2.72. The van der Waals surface area contributed by atoms with Crippen molar-refractivity contribution in [1.29, 1.82) is 0 Å². The minimum absolute atomic E-state index is 0.216. The number of hydrogen-bond acceptors (Lipinski definition) is 3. The number of carbonyl (C=O) groups is 1. The molecule has 0 bridgehead atoms. The summed E-state index contributed by atoms with van der Waals surface area (Å²) >= 11 is 0. The van der Waals surface area contributed by atoms with Crippen LogP contribution in [0.25, 0.3) is 0 Å². The van der Waals surface area contributed by atoms with Crippen molar-refractivity contribution in [3.05, 3.63) is 65.2 Å². The topological polar surface area (TPSA) is 57.7 Å². The van der Waals surface area contributed by atoms with Gasteiger partial charge in [-0.3, -0.25) is 4.79 Å². The highest BCUT2D eigenvalue weighted by molar-refractivity contribution is 7.89. The highest BCUT2D eigenvalue weighted by Crippen LogP contribution is 2.34. The van der Waals surface area contributed by atoms with Crippen molar-refractivity contribution in [1.82, 2.24) is 9.21 Å². The molecule has 2 aromatic rings. The molecule has 1 aliphatic heterocycles. The van der Waals surface area contributed by atoms with E-state index in [-0.39, 0.29) is 17.9 Å². The highest BCUT2D eigenvalue weighted by atomic mass is 32.2. The minimum atomic E-state index is -3.61. The van der Waals surface area contributed by atoms with Gasteiger partial charge in [0.25, 0.3) is 0 Å². The van der Waals surface area contributed by atoms with Gasteiger partial charge in [-0.25, -0.2) is 8.42 Å². The van der Waals surface area contributed by atoms with Crippen LogP contribution in [0.2, 0.25) is 0 Å². The van der Waals surface area contributed by atoms with Crippen molar-refractivity contribution in [3.8, 4) is 0 Å². The summed E-state index contributed by atoms with van der Waals surface area (Å²) in [6.45, 7) is 5.46. The third kappa shape index (κ3) is 3.96. The lowest BCUT2D eigenvalue weighted by molar-refractivity contribution is -0.133. The van der Waals surface area contributed by atoms with Crippen LogP contribution in [0.3, 0.4) is 0 Å². The van der Waals surface area contributed by atoms with Crippen LogP contribution in [0.1, 0.15) is 49.4 Å². The van der Waals surface area contributed by atoms with Crippen molar-refractivity contribution in [2.75, 3.05) is 13.1 Å². The molecule has 1 fully saturated rings. The SMILES string of the molecule is CCN([C@H](C)c1ccccc1)S(=O)(=O)c1ccc2c(c1)CCN(C(=O)C1CC1)C2. The molecule has 6 heteroatoms. The minimum Gasteiger partial charge on any atom is -0.338 e. The molecule has 5 nitrogen and oxygen atoms in total. The second kappa shape index (κ2) is 7.92. The van der Waals surface area contributed by atoms with E-state index >= 15 is 0 Å². The Morgan fingerprint density at radius 1 is 1.14 bits per heavy atom. The molecule has 0 unspecified atom stereocenters. The van der Waals surface area contributed by atoms with E-state index in [1.165, 1.54) is 0 Å². The van der Waals surface area contributed by atoms with Crippen LogP contribution in [-0.2, 0) is 27.8 Å². The fourth-order valence-corrected chi connectivity index (χ4v) is 5.83. The normalized spacial score (nSPS) is 17.8. The quantitative estimate of drug-likeness (QED) is 0.726. The molecule has 0 N–H and O–H groups in total. The molecule has 0 saturated heterocycles. The summed E-state index contributed by atoms with van der Waals surface area (Å²) in [5.41, 5.74) is 3.07. The zero-order valence-electron chi connectivity index (χ0n) is 17.0. The van der Waals surface area contributed by atoms with E-state index in [2.05, 4.69) is 0 Å². The zero-order valence-corrected chi connectivity index (χ0v) is 17.9. The number of nitrogens with zero attached hydrogens (tertiary/aromatic N) is 2. The van der Waals surface area contributed by atoms with Crippen LogP contribution >= 0.6 is 0 Å². The summed E-state index contributed by atoms with van der Waals surface area (Å²) in [7, 11) is -3.61. The van der Waals surface area contributed by atoms with Gasteiger partial charge in [-0.05, 0) is 55.0 Å². The van der Waals surface area contributed by atoms with E-state index in [9.17, 15) is 13.2 Å². The number of carbonyl (C=O) groups excluding carboxylic acids is 1. The third-order valence-corrected chi connectivity index (χ3v) is 8.10. The van der Waals surface area contributed by atoms with Gasteiger partial charge in [-0.1, -0.05) is 43.3 Å². The molecule has 2 aromatic carbocycles. The molecule has 4 rings (SSSR count). The Labute approximate surface area is 173 Å². The summed E-state index contributed by atoms with van der Waals surface area (Å²) < 4.78 is 28.3. The molecule has 1 atom stereocenters. The number of amides is 1. The molecule has 1 heterocycles. The fraction of sp³-hybridized carbons (Fsp3) is 0.435. The molecule has 1 aliphatic carbocycles. The molecule has 2 aliphatic rings. The van der Waals surface area contributed by atoms with Crippen molar-refractivity contribution in [2.24, 2.45) is 5.92 Å². The standard InChI is InChI=1S/C23H28N2O3S/c1-3-25(17(2)18-7-5-4-6-8-18)29(27,28)22-12-11-21-16-24(14-13-20(21)15-22)23(26)19-9-10-19/h4-8,11-12,15,17,19H,3,9-10,13-14,16H2,1-2H3/t17-/m1/s1.